The predicted octanol–water partition coefficient (Wildman–Crippen LogP) is 4.79. The minimum atomic E-state index is -0.293. The lowest BCUT2D eigenvalue weighted by atomic mass is 9.91. The van der Waals surface area contributed by atoms with Gasteiger partial charge < -0.3 is 5.32 Å². The summed E-state index contributed by atoms with van der Waals surface area (Å²) in [6, 6.07) is 14.9. The summed E-state index contributed by atoms with van der Waals surface area (Å²) >= 11 is 12.7. The summed E-state index contributed by atoms with van der Waals surface area (Å²) in [5.41, 5.74) is 3.32. The molecular formula is C19H18Cl2N2O. The zero-order chi connectivity index (χ0) is 17.3. The number of allylic oxidation sites excluding steroid dienone is 1. The molecule has 0 spiro atoms. The van der Waals surface area contributed by atoms with Crippen molar-refractivity contribution in [1.82, 2.24) is 10.6 Å². The Morgan fingerprint density at radius 1 is 0.958 bits per heavy atom. The molecule has 0 fully saturated rings. The smallest absolute Gasteiger partial charge is 0.159 e. The number of Topliss-reactive ketones (excluding diaryl/α,β-unsaturated/α-hetero) is 1. The van der Waals surface area contributed by atoms with Crippen LogP contribution in [0.2, 0.25) is 10.0 Å². The zero-order valence-electron chi connectivity index (χ0n) is 13.4. The fourth-order valence-corrected chi connectivity index (χ4v) is 3.59. The SMILES string of the molecule is CC(=O)C1=C(C)NC(c2ccccc2Cl)NC1c1ccccc1Cl. The molecular weight excluding hydrogens is 343 g/mol. The first-order valence-corrected chi connectivity index (χ1v) is 8.47. The normalized spacial score (nSPS) is 20.7. The van der Waals surface area contributed by atoms with Crippen molar-refractivity contribution in [3.05, 3.63) is 81.0 Å². The van der Waals surface area contributed by atoms with E-state index in [9.17, 15) is 4.79 Å². The second-order valence-electron chi connectivity index (χ2n) is 5.81. The largest absolute Gasteiger partial charge is 0.369 e. The summed E-state index contributed by atoms with van der Waals surface area (Å²) in [5, 5.41) is 8.11. The monoisotopic (exact) mass is 360 g/mol. The highest BCUT2D eigenvalue weighted by Crippen LogP contribution is 2.36. The molecule has 2 aromatic carbocycles. The predicted molar refractivity (Wildman–Crippen MR) is 98.0 cm³/mol. The molecule has 3 rings (SSSR count). The molecule has 2 aromatic rings. The van der Waals surface area contributed by atoms with Crippen LogP contribution in [0.5, 0.6) is 0 Å². The lowest BCUT2D eigenvalue weighted by Crippen LogP contribution is -2.43. The minimum absolute atomic E-state index is 0.00929. The van der Waals surface area contributed by atoms with Gasteiger partial charge in [0.25, 0.3) is 0 Å². The van der Waals surface area contributed by atoms with Crippen LogP contribution in [-0.4, -0.2) is 5.78 Å². The van der Waals surface area contributed by atoms with Crippen LogP contribution < -0.4 is 10.6 Å². The molecule has 0 amide bonds. The van der Waals surface area contributed by atoms with Gasteiger partial charge in [-0.3, -0.25) is 10.1 Å². The summed E-state index contributed by atoms with van der Waals surface area (Å²) < 4.78 is 0. The standard InChI is InChI=1S/C19H18Cl2N2O/c1-11-17(12(2)24)18(13-7-3-5-9-15(13)20)23-19(22-11)14-8-4-6-10-16(14)21/h3-10,18-19,22-23H,1-2H3. The van der Waals surface area contributed by atoms with Crippen LogP contribution >= 0.6 is 23.2 Å². The van der Waals surface area contributed by atoms with Gasteiger partial charge in [-0.1, -0.05) is 59.6 Å². The number of rotatable bonds is 3. The Hall–Kier alpha value is -1.81. The van der Waals surface area contributed by atoms with Gasteiger partial charge in [0.05, 0.1) is 6.04 Å². The quantitative estimate of drug-likeness (QED) is 0.826. The lowest BCUT2D eigenvalue weighted by Gasteiger charge is -2.36. The van der Waals surface area contributed by atoms with Gasteiger partial charge in [0.15, 0.2) is 5.78 Å². The van der Waals surface area contributed by atoms with Gasteiger partial charge >= 0.3 is 0 Å². The Kier molecular flexibility index (Phi) is 4.95. The van der Waals surface area contributed by atoms with Crippen LogP contribution in [0.1, 0.15) is 37.2 Å². The number of ketones is 1. The van der Waals surface area contributed by atoms with Crippen LogP contribution in [-0.2, 0) is 4.79 Å². The molecule has 0 aliphatic carbocycles. The maximum atomic E-state index is 12.2. The summed E-state index contributed by atoms with van der Waals surface area (Å²) in [4.78, 5) is 12.2. The third kappa shape index (κ3) is 3.20. The van der Waals surface area contributed by atoms with E-state index in [-0.39, 0.29) is 18.0 Å². The molecule has 1 aliphatic rings. The average molecular weight is 361 g/mol. The number of nitrogens with one attached hydrogen (secondary N) is 2. The Labute approximate surface area is 151 Å². The topological polar surface area (TPSA) is 41.1 Å². The molecule has 0 bridgehead atoms. The number of carbonyl (C=O) groups is 1. The van der Waals surface area contributed by atoms with Gasteiger partial charge in [0.1, 0.15) is 6.17 Å². The van der Waals surface area contributed by atoms with E-state index in [1.54, 1.807) is 6.92 Å². The van der Waals surface area contributed by atoms with Crippen molar-refractivity contribution in [2.24, 2.45) is 0 Å². The zero-order valence-corrected chi connectivity index (χ0v) is 14.9. The van der Waals surface area contributed by atoms with Crippen molar-refractivity contribution in [3.8, 4) is 0 Å². The van der Waals surface area contributed by atoms with Crippen LogP contribution in [0.3, 0.4) is 0 Å². The fraction of sp³-hybridized carbons (Fsp3) is 0.211. The van der Waals surface area contributed by atoms with Crippen molar-refractivity contribution in [1.29, 1.82) is 0 Å². The summed E-state index contributed by atoms with van der Waals surface area (Å²) in [6.07, 6.45) is -0.205. The third-order valence-electron chi connectivity index (χ3n) is 4.20. The van der Waals surface area contributed by atoms with Gasteiger partial charge in [0, 0.05) is 26.9 Å². The second kappa shape index (κ2) is 6.98. The van der Waals surface area contributed by atoms with Crippen LogP contribution in [0.4, 0.5) is 0 Å². The van der Waals surface area contributed by atoms with E-state index in [2.05, 4.69) is 10.6 Å². The molecule has 0 aromatic heterocycles. The maximum Gasteiger partial charge on any atom is 0.159 e. The van der Waals surface area contributed by atoms with E-state index >= 15 is 0 Å². The summed E-state index contributed by atoms with van der Waals surface area (Å²) in [6.45, 7) is 3.48. The molecule has 0 saturated heterocycles. The Morgan fingerprint density at radius 3 is 2.04 bits per heavy atom. The first kappa shape index (κ1) is 17.0. The van der Waals surface area contributed by atoms with Gasteiger partial charge in [-0.15, -0.1) is 0 Å². The van der Waals surface area contributed by atoms with Gasteiger partial charge in [-0.25, -0.2) is 0 Å². The average Bonchev–Trinajstić information content (AvgIpc) is 2.54. The van der Waals surface area contributed by atoms with Crippen molar-refractivity contribution in [3.63, 3.8) is 0 Å². The number of hydrogen-bond donors (Lipinski definition) is 2. The summed E-state index contributed by atoms with van der Waals surface area (Å²) in [5.74, 6) is 0.00929. The van der Waals surface area contributed by atoms with Crippen LogP contribution in [0.15, 0.2) is 59.8 Å². The van der Waals surface area contributed by atoms with E-state index in [0.29, 0.717) is 15.6 Å². The highest BCUT2D eigenvalue weighted by molar-refractivity contribution is 6.31. The van der Waals surface area contributed by atoms with E-state index in [0.717, 1.165) is 16.8 Å². The minimum Gasteiger partial charge on any atom is -0.369 e. The van der Waals surface area contributed by atoms with Gasteiger partial charge in [0.2, 0.25) is 0 Å². The fourth-order valence-electron chi connectivity index (χ4n) is 3.10. The molecule has 2 N–H and O–H groups in total. The Bertz CT molecular complexity index is 817. The first-order chi connectivity index (χ1) is 11.5. The molecule has 2 unspecified atom stereocenters. The highest BCUT2D eigenvalue weighted by atomic mass is 35.5. The number of carbonyl (C=O) groups excluding carboxylic acids is 1. The van der Waals surface area contributed by atoms with Crippen LogP contribution in [0, 0.1) is 0 Å². The van der Waals surface area contributed by atoms with E-state index < -0.39 is 0 Å². The van der Waals surface area contributed by atoms with Crippen molar-refractivity contribution < 1.29 is 4.79 Å². The molecule has 0 saturated carbocycles. The molecule has 3 nitrogen and oxygen atoms in total. The number of hydrogen-bond acceptors (Lipinski definition) is 3. The molecule has 1 aliphatic heterocycles. The third-order valence-corrected chi connectivity index (χ3v) is 4.89. The molecule has 124 valence electrons. The highest BCUT2D eigenvalue weighted by Gasteiger charge is 2.32. The maximum absolute atomic E-state index is 12.2. The van der Waals surface area contributed by atoms with E-state index in [1.807, 2.05) is 55.5 Å². The van der Waals surface area contributed by atoms with Crippen LogP contribution in [0.25, 0.3) is 0 Å². The first-order valence-electron chi connectivity index (χ1n) is 7.72. The second-order valence-corrected chi connectivity index (χ2v) is 6.63. The molecule has 0 radical (unpaired) electrons. The molecule has 2 atom stereocenters. The Balaban J connectivity index is 2.08. The van der Waals surface area contributed by atoms with E-state index in [4.69, 9.17) is 23.2 Å². The lowest BCUT2D eigenvalue weighted by molar-refractivity contribution is -0.114. The van der Waals surface area contributed by atoms with Gasteiger partial charge in [-0.05, 0) is 31.5 Å². The van der Waals surface area contributed by atoms with Crippen molar-refractivity contribution in [2.75, 3.05) is 0 Å². The molecule has 5 heteroatoms. The summed E-state index contributed by atoms with van der Waals surface area (Å²) in [7, 11) is 0. The number of halogens is 2. The molecule has 1 heterocycles. The molecule has 24 heavy (non-hydrogen) atoms. The number of benzene rings is 2. The van der Waals surface area contributed by atoms with E-state index in [1.165, 1.54) is 0 Å². The Morgan fingerprint density at radius 2 is 1.50 bits per heavy atom. The van der Waals surface area contributed by atoms with Gasteiger partial charge in [-0.2, -0.15) is 0 Å². The van der Waals surface area contributed by atoms with Crippen molar-refractivity contribution in [2.45, 2.75) is 26.1 Å². The van der Waals surface area contributed by atoms with Crippen molar-refractivity contribution >= 4 is 29.0 Å².